The molecule has 0 aliphatic carbocycles. The summed E-state index contributed by atoms with van der Waals surface area (Å²) in [4.78, 5) is 10.8. The summed E-state index contributed by atoms with van der Waals surface area (Å²) in [7, 11) is -3.50. The van der Waals surface area contributed by atoms with Crippen LogP contribution in [0.3, 0.4) is 0 Å². The first-order chi connectivity index (χ1) is 9.80. The second-order valence-electron chi connectivity index (χ2n) is 5.13. The number of ether oxygens (including phenoxy) is 1. The summed E-state index contributed by atoms with van der Waals surface area (Å²) < 4.78 is 31.4. The third-order valence-electron chi connectivity index (χ3n) is 2.55. The van der Waals surface area contributed by atoms with Gasteiger partial charge in [0.2, 0.25) is 10.0 Å². The third-order valence-corrected chi connectivity index (χ3v) is 3.91. The highest BCUT2D eigenvalue weighted by Crippen LogP contribution is 2.08. The lowest BCUT2D eigenvalue weighted by molar-refractivity contribution is 0.0696. The zero-order valence-electron chi connectivity index (χ0n) is 12.2. The van der Waals surface area contributed by atoms with E-state index in [0.29, 0.717) is 24.7 Å². The average molecular weight is 315 g/mol. The Kier molecular flexibility index (Phi) is 6.80. The minimum atomic E-state index is -3.50. The summed E-state index contributed by atoms with van der Waals surface area (Å²) in [5.74, 6) is -0.928. The number of sulfonamides is 1. The van der Waals surface area contributed by atoms with Crippen LogP contribution in [0.15, 0.2) is 24.3 Å². The van der Waals surface area contributed by atoms with Gasteiger partial charge in [0.1, 0.15) is 0 Å². The minimum Gasteiger partial charge on any atom is -0.478 e. The average Bonchev–Trinajstić information content (AvgIpc) is 2.37. The molecule has 2 N–H and O–H groups in total. The van der Waals surface area contributed by atoms with Gasteiger partial charge in [0.25, 0.3) is 0 Å². The smallest absolute Gasteiger partial charge is 0.335 e. The summed E-state index contributed by atoms with van der Waals surface area (Å²) in [5, 5.41) is 8.87. The number of nitrogens with one attached hydrogen (secondary N) is 1. The first kappa shape index (κ1) is 17.6. The Hall–Kier alpha value is -1.44. The van der Waals surface area contributed by atoms with E-state index in [0.717, 1.165) is 0 Å². The molecule has 0 unspecified atom stereocenters. The van der Waals surface area contributed by atoms with E-state index < -0.39 is 16.0 Å². The molecule has 0 radical (unpaired) electrons. The summed E-state index contributed by atoms with van der Waals surface area (Å²) in [6.07, 6.45) is 0. The van der Waals surface area contributed by atoms with E-state index in [-0.39, 0.29) is 17.9 Å². The van der Waals surface area contributed by atoms with E-state index in [1.807, 2.05) is 13.8 Å². The van der Waals surface area contributed by atoms with Crippen LogP contribution in [0.2, 0.25) is 0 Å². The molecule has 118 valence electrons. The van der Waals surface area contributed by atoms with Crippen molar-refractivity contribution in [2.45, 2.75) is 19.6 Å². The first-order valence-corrected chi connectivity index (χ1v) is 8.32. The molecule has 0 atom stereocenters. The van der Waals surface area contributed by atoms with Gasteiger partial charge in [-0.05, 0) is 23.6 Å². The maximum absolute atomic E-state index is 11.9. The predicted molar refractivity (Wildman–Crippen MR) is 79.7 cm³/mol. The zero-order chi connectivity index (χ0) is 15.9. The van der Waals surface area contributed by atoms with Crippen molar-refractivity contribution < 1.29 is 23.1 Å². The number of hydrogen-bond acceptors (Lipinski definition) is 4. The van der Waals surface area contributed by atoms with Crippen LogP contribution in [0.25, 0.3) is 0 Å². The van der Waals surface area contributed by atoms with Crippen LogP contribution in [0.5, 0.6) is 0 Å². The summed E-state index contributed by atoms with van der Waals surface area (Å²) in [6.45, 7) is 5.13. The van der Waals surface area contributed by atoms with Gasteiger partial charge in [-0.3, -0.25) is 0 Å². The first-order valence-electron chi connectivity index (χ1n) is 6.67. The molecule has 0 aliphatic rings. The van der Waals surface area contributed by atoms with Crippen molar-refractivity contribution in [3.63, 3.8) is 0 Å². The summed E-state index contributed by atoms with van der Waals surface area (Å²) in [6, 6.07) is 5.89. The molecule has 0 bridgehead atoms. The lowest BCUT2D eigenvalue weighted by atomic mass is 10.1. The lowest BCUT2D eigenvalue weighted by Gasteiger charge is -2.09. The number of carboxylic acids is 1. The van der Waals surface area contributed by atoms with Crippen LogP contribution in [-0.2, 0) is 20.5 Å². The van der Waals surface area contributed by atoms with Gasteiger partial charge in [0, 0.05) is 13.2 Å². The van der Waals surface area contributed by atoms with Gasteiger partial charge in [0.15, 0.2) is 0 Å². The Balaban J connectivity index is 2.49. The van der Waals surface area contributed by atoms with Crippen LogP contribution in [0.1, 0.15) is 29.8 Å². The standard InChI is InChI=1S/C14H21NO5S/c1-11(2)9-20-7-6-15-21(18,19)10-12-4-3-5-13(8-12)14(16)17/h3-5,8,11,15H,6-7,9-10H2,1-2H3,(H,16,17). The van der Waals surface area contributed by atoms with Crippen LogP contribution in [0.4, 0.5) is 0 Å². The van der Waals surface area contributed by atoms with Gasteiger partial charge in [-0.25, -0.2) is 17.9 Å². The van der Waals surface area contributed by atoms with Crippen molar-refractivity contribution in [1.29, 1.82) is 0 Å². The Morgan fingerprint density at radius 1 is 1.38 bits per heavy atom. The number of benzene rings is 1. The molecule has 1 rings (SSSR count). The second-order valence-corrected chi connectivity index (χ2v) is 6.93. The molecule has 0 fully saturated rings. The van der Waals surface area contributed by atoms with Gasteiger partial charge >= 0.3 is 5.97 Å². The highest BCUT2D eigenvalue weighted by molar-refractivity contribution is 7.88. The molecule has 21 heavy (non-hydrogen) atoms. The van der Waals surface area contributed by atoms with Gasteiger partial charge in [-0.15, -0.1) is 0 Å². The van der Waals surface area contributed by atoms with E-state index in [9.17, 15) is 13.2 Å². The van der Waals surface area contributed by atoms with E-state index in [1.54, 1.807) is 6.07 Å². The number of rotatable bonds is 9. The maximum atomic E-state index is 11.9. The lowest BCUT2D eigenvalue weighted by Crippen LogP contribution is -2.29. The zero-order valence-corrected chi connectivity index (χ0v) is 13.0. The number of carbonyl (C=O) groups is 1. The van der Waals surface area contributed by atoms with Crippen LogP contribution >= 0.6 is 0 Å². The molecular weight excluding hydrogens is 294 g/mol. The van der Waals surface area contributed by atoms with Crippen molar-refractivity contribution in [3.8, 4) is 0 Å². The van der Waals surface area contributed by atoms with Crippen molar-refractivity contribution in [1.82, 2.24) is 4.72 Å². The van der Waals surface area contributed by atoms with Gasteiger partial charge < -0.3 is 9.84 Å². The largest absolute Gasteiger partial charge is 0.478 e. The van der Waals surface area contributed by atoms with Crippen molar-refractivity contribution in [2.75, 3.05) is 19.8 Å². The monoisotopic (exact) mass is 315 g/mol. The minimum absolute atomic E-state index is 0.0722. The van der Waals surface area contributed by atoms with Gasteiger partial charge in [-0.2, -0.15) is 0 Å². The Labute approximate surface area is 125 Å². The van der Waals surface area contributed by atoms with Crippen molar-refractivity contribution >= 4 is 16.0 Å². The molecule has 0 heterocycles. The van der Waals surface area contributed by atoms with Crippen molar-refractivity contribution in [3.05, 3.63) is 35.4 Å². The van der Waals surface area contributed by atoms with Crippen LogP contribution in [0, 0.1) is 5.92 Å². The van der Waals surface area contributed by atoms with Crippen LogP contribution < -0.4 is 4.72 Å². The molecule has 1 aromatic carbocycles. The fraction of sp³-hybridized carbons (Fsp3) is 0.500. The van der Waals surface area contributed by atoms with E-state index in [1.165, 1.54) is 18.2 Å². The fourth-order valence-corrected chi connectivity index (χ4v) is 2.77. The highest BCUT2D eigenvalue weighted by atomic mass is 32.2. The molecule has 0 aliphatic heterocycles. The third kappa shape index (κ3) is 7.22. The topological polar surface area (TPSA) is 92.7 Å². The quantitative estimate of drug-likeness (QED) is 0.673. The second kappa shape index (κ2) is 8.11. The molecule has 0 aromatic heterocycles. The predicted octanol–water partition coefficient (Wildman–Crippen LogP) is 1.48. The van der Waals surface area contributed by atoms with Gasteiger partial charge in [0.05, 0.1) is 17.9 Å². The van der Waals surface area contributed by atoms with Gasteiger partial charge in [-0.1, -0.05) is 26.0 Å². The Bertz CT molecular complexity index is 568. The maximum Gasteiger partial charge on any atom is 0.335 e. The van der Waals surface area contributed by atoms with E-state index >= 15 is 0 Å². The SMILES string of the molecule is CC(C)COCCNS(=O)(=O)Cc1cccc(C(=O)O)c1. The van der Waals surface area contributed by atoms with Crippen LogP contribution in [-0.4, -0.2) is 39.3 Å². The summed E-state index contributed by atoms with van der Waals surface area (Å²) >= 11 is 0. The number of hydrogen-bond donors (Lipinski definition) is 2. The molecule has 0 spiro atoms. The van der Waals surface area contributed by atoms with Crippen molar-refractivity contribution in [2.24, 2.45) is 5.92 Å². The molecule has 0 amide bonds. The number of carboxylic acid groups (broad SMARTS) is 1. The molecular formula is C14H21NO5S. The highest BCUT2D eigenvalue weighted by Gasteiger charge is 2.12. The molecule has 0 saturated heterocycles. The molecule has 0 saturated carbocycles. The Morgan fingerprint density at radius 3 is 2.71 bits per heavy atom. The molecule has 1 aromatic rings. The fourth-order valence-electron chi connectivity index (χ4n) is 1.65. The normalized spacial score (nSPS) is 11.8. The Morgan fingerprint density at radius 2 is 2.10 bits per heavy atom. The van der Waals surface area contributed by atoms with E-state index in [2.05, 4.69) is 4.72 Å². The molecule has 7 heteroatoms. The molecule has 6 nitrogen and oxygen atoms in total. The summed E-state index contributed by atoms with van der Waals surface area (Å²) in [5.41, 5.74) is 0.508. The van der Waals surface area contributed by atoms with E-state index in [4.69, 9.17) is 9.84 Å². The number of aromatic carboxylic acids is 1.